The van der Waals surface area contributed by atoms with E-state index in [1.54, 1.807) is 27.9 Å². The third kappa shape index (κ3) is 5.89. The molecule has 2 atom stereocenters. The third-order valence-corrected chi connectivity index (χ3v) is 5.79. The van der Waals surface area contributed by atoms with Crippen molar-refractivity contribution in [2.75, 3.05) is 29.9 Å². The lowest BCUT2D eigenvalue weighted by Gasteiger charge is -2.44. The highest BCUT2D eigenvalue weighted by Crippen LogP contribution is 2.24. The average Bonchev–Trinajstić information content (AvgIpc) is 3.16. The molecular formula is C25H34N8O4. The fourth-order valence-corrected chi connectivity index (χ4v) is 4.35. The number of nitrogens with one attached hydrogen (secondary N) is 1. The minimum absolute atomic E-state index is 0.0778. The number of hydrogen-bond acceptors (Lipinski definition) is 9. The minimum atomic E-state index is -0.553. The highest BCUT2D eigenvalue weighted by Gasteiger charge is 2.36. The molecule has 12 nitrogen and oxygen atoms in total. The van der Waals surface area contributed by atoms with Crippen molar-refractivity contribution < 1.29 is 19.1 Å². The lowest BCUT2D eigenvalue weighted by atomic mass is 10.1. The van der Waals surface area contributed by atoms with Gasteiger partial charge in [-0.3, -0.25) is 14.1 Å². The Balaban J connectivity index is 1.45. The number of carbonyl (C=O) groups is 2. The number of rotatable bonds is 5. The van der Waals surface area contributed by atoms with E-state index in [2.05, 4.69) is 30.2 Å². The van der Waals surface area contributed by atoms with E-state index in [0.29, 0.717) is 37.1 Å². The van der Waals surface area contributed by atoms with Gasteiger partial charge in [0.1, 0.15) is 17.0 Å². The molecule has 37 heavy (non-hydrogen) atoms. The van der Waals surface area contributed by atoms with E-state index in [4.69, 9.17) is 9.47 Å². The summed E-state index contributed by atoms with van der Waals surface area (Å²) in [5, 5.41) is 2.77. The van der Waals surface area contributed by atoms with Gasteiger partial charge in [0.05, 0.1) is 36.8 Å². The number of anilines is 2. The van der Waals surface area contributed by atoms with Gasteiger partial charge >= 0.3 is 6.09 Å². The molecule has 3 aromatic heterocycles. The first-order chi connectivity index (χ1) is 17.4. The van der Waals surface area contributed by atoms with Gasteiger partial charge in [-0.15, -0.1) is 0 Å². The van der Waals surface area contributed by atoms with Gasteiger partial charge in [-0.1, -0.05) is 0 Å². The Morgan fingerprint density at radius 2 is 1.78 bits per heavy atom. The van der Waals surface area contributed by atoms with Gasteiger partial charge in [0.15, 0.2) is 5.82 Å². The first kappa shape index (κ1) is 26.1. The van der Waals surface area contributed by atoms with Gasteiger partial charge in [-0.25, -0.2) is 19.7 Å². The summed E-state index contributed by atoms with van der Waals surface area (Å²) in [5.41, 5.74) is 0.491. The van der Waals surface area contributed by atoms with E-state index >= 15 is 0 Å². The quantitative estimate of drug-likeness (QED) is 0.550. The van der Waals surface area contributed by atoms with Crippen LogP contribution in [0.15, 0.2) is 24.8 Å². The van der Waals surface area contributed by atoms with Gasteiger partial charge in [0.2, 0.25) is 11.7 Å². The number of carbonyl (C=O) groups excluding carboxylic acids is 2. The maximum absolute atomic E-state index is 13.0. The van der Waals surface area contributed by atoms with Crippen molar-refractivity contribution in [1.29, 1.82) is 0 Å². The van der Waals surface area contributed by atoms with Gasteiger partial charge in [0.25, 0.3) is 5.91 Å². The number of amides is 2. The molecule has 4 rings (SSSR count). The normalized spacial score (nSPS) is 18.1. The topological polar surface area (TPSA) is 127 Å². The predicted molar refractivity (Wildman–Crippen MR) is 138 cm³/mol. The minimum Gasteiger partial charge on any atom is -0.477 e. The second-order valence-corrected chi connectivity index (χ2v) is 10.2. The van der Waals surface area contributed by atoms with Crippen LogP contribution in [-0.4, -0.2) is 78.6 Å². The fraction of sp³-hybridized carbons (Fsp3) is 0.520. The fourth-order valence-electron chi connectivity index (χ4n) is 4.35. The maximum Gasteiger partial charge on any atom is 0.410 e. The van der Waals surface area contributed by atoms with Crippen LogP contribution in [0.3, 0.4) is 0 Å². The Labute approximate surface area is 216 Å². The summed E-state index contributed by atoms with van der Waals surface area (Å²) in [4.78, 5) is 47.1. The lowest BCUT2D eigenvalue weighted by molar-refractivity contribution is 0.00559. The molecule has 1 aliphatic heterocycles. The summed E-state index contributed by atoms with van der Waals surface area (Å²) in [6.45, 7) is 14.7. The number of nitrogens with zero attached hydrogens (tertiary/aromatic N) is 7. The molecule has 4 heterocycles. The molecular weight excluding hydrogens is 476 g/mol. The molecule has 0 aliphatic carbocycles. The van der Waals surface area contributed by atoms with Crippen LogP contribution in [0.4, 0.5) is 16.4 Å². The van der Waals surface area contributed by atoms with E-state index in [-0.39, 0.29) is 29.6 Å². The third-order valence-electron chi connectivity index (χ3n) is 5.79. The molecule has 0 spiro atoms. The molecule has 1 N–H and O–H groups in total. The zero-order valence-corrected chi connectivity index (χ0v) is 22.3. The second-order valence-electron chi connectivity index (χ2n) is 10.2. The highest BCUT2D eigenvalue weighted by atomic mass is 16.6. The molecule has 198 valence electrons. The predicted octanol–water partition coefficient (Wildman–Crippen LogP) is 3.31. The van der Waals surface area contributed by atoms with E-state index in [1.807, 2.05) is 48.5 Å². The van der Waals surface area contributed by atoms with E-state index in [1.165, 1.54) is 6.20 Å². The SMILES string of the molecule is CCOc1nc2nc(C)cn2cc1C(=O)Nc1cnc(N2C[C@@H](C)N(C(=O)OC(C)(C)C)[C@@H](C)C2)cn1. The van der Waals surface area contributed by atoms with Crippen molar-refractivity contribution in [2.45, 2.75) is 66.2 Å². The summed E-state index contributed by atoms with van der Waals surface area (Å²) in [6.07, 6.45) is 6.23. The summed E-state index contributed by atoms with van der Waals surface area (Å²) >= 11 is 0. The van der Waals surface area contributed by atoms with Crippen molar-refractivity contribution in [2.24, 2.45) is 0 Å². The number of aryl methyl sites for hydroxylation is 1. The smallest absolute Gasteiger partial charge is 0.410 e. The van der Waals surface area contributed by atoms with Crippen LogP contribution in [0.1, 0.15) is 57.6 Å². The number of imidazole rings is 1. The number of fused-ring (bicyclic) bond motifs is 1. The standard InChI is InChI=1S/C25H34N8O4/c1-8-36-22-18(14-32-11-15(2)28-23(32)30-22)21(34)29-19-9-27-20(10-26-19)31-12-16(3)33(17(4)13-31)24(35)37-25(5,6)7/h9-11,14,16-17H,8,12-13H2,1-7H3,(H,26,29,34)/t16-,17+. The average molecular weight is 511 g/mol. The molecule has 12 heteroatoms. The van der Waals surface area contributed by atoms with Crippen molar-refractivity contribution in [1.82, 2.24) is 29.2 Å². The number of aromatic nitrogens is 5. The van der Waals surface area contributed by atoms with Crippen molar-refractivity contribution in [3.8, 4) is 5.88 Å². The largest absolute Gasteiger partial charge is 0.477 e. The molecule has 1 fully saturated rings. The van der Waals surface area contributed by atoms with Crippen LogP contribution < -0.4 is 15.0 Å². The van der Waals surface area contributed by atoms with Crippen molar-refractivity contribution in [3.05, 3.63) is 36.0 Å². The van der Waals surface area contributed by atoms with Crippen LogP contribution >= 0.6 is 0 Å². The van der Waals surface area contributed by atoms with Crippen LogP contribution in [0.25, 0.3) is 5.78 Å². The summed E-state index contributed by atoms with van der Waals surface area (Å²) < 4.78 is 12.8. The second kappa shape index (κ2) is 10.2. The molecule has 3 aromatic rings. The number of ether oxygens (including phenoxy) is 2. The van der Waals surface area contributed by atoms with Crippen LogP contribution in [-0.2, 0) is 4.74 Å². The van der Waals surface area contributed by atoms with Crippen LogP contribution in [0.2, 0.25) is 0 Å². The molecule has 0 radical (unpaired) electrons. The molecule has 0 saturated carbocycles. The Hall–Kier alpha value is -3.96. The summed E-state index contributed by atoms with van der Waals surface area (Å²) in [5.74, 6) is 1.20. The molecule has 0 unspecified atom stereocenters. The first-order valence-corrected chi connectivity index (χ1v) is 12.3. The molecule has 1 saturated heterocycles. The highest BCUT2D eigenvalue weighted by molar-refractivity contribution is 6.05. The van der Waals surface area contributed by atoms with Gasteiger partial charge in [-0.05, 0) is 48.5 Å². The van der Waals surface area contributed by atoms with Crippen LogP contribution in [0, 0.1) is 6.92 Å². The molecule has 1 aliphatic rings. The molecule has 0 bridgehead atoms. The van der Waals surface area contributed by atoms with Gasteiger partial charge in [-0.2, -0.15) is 4.98 Å². The van der Waals surface area contributed by atoms with Gasteiger partial charge < -0.3 is 19.7 Å². The monoisotopic (exact) mass is 510 g/mol. The number of piperazine rings is 1. The molecule has 2 amide bonds. The Morgan fingerprint density at radius 3 is 2.38 bits per heavy atom. The Bertz CT molecular complexity index is 1270. The van der Waals surface area contributed by atoms with Gasteiger partial charge in [0, 0.05) is 25.5 Å². The van der Waals surface area contributed by atoms with E-state index < -0.39 is 11.5 Å². The van der Waals surface area contributed by atoms with Crippen molar-refractivity contribution >= 4 is 29.4 Å². The van der Waals surface area contributed by atoms with Crippen molar-refractivity contribution in [3.63, 3.8) is 0 Å². The lowest BCUT2D eigenvalue weighted by Crippen LogP contribution is -2.59. The first-order valence-electron chi connectivity index (χ1n) is 12.3. The summed E-state index contributed by atoms with van der Waals surface area (Å²) in [7, 11) is 0. The maximum atomic E-state index is 13.0. The van der Waals surface area contributed by atoms with Crippen LogP contribution in [0.5, 0.6) is 5.88 Å². The Morgan fingerprint density at radius 1 is 1.08 bits per heavy atom. The molecule has 0 aromatic carbocycles. The number of hydrogen-bond donors (Lipinski definition) is 1. The zero-order valence-electron chi connectivity index (χ0n) is 22.3. The zero-order chi connectivity index (χ0) is 26.9. The van der Waals surface area contributed by atoms with E-state index in [9.17, 15) is 9.59 Å². The van der Waals surface area contributed by atoms with E-state index in [0.717, 1.165) is 5.69 Å². The Kier molecular flexibility index (Phi) is 7.19. The summed E-state index contributed by atoms with van der Waals surface area (Å²) in [6, 6.07) is -0.156.